The smallest absolute Gasteiger partial charge is 0.251 e. The lowest BCUT2D eigenvalue weighted by Gasteiger charge is -2.16. The molecule has 0 saturated carbocycles. The van der Waals surface area contributed by atoms with Gasteiger partial charge in [-0.1, -0.05) is 20.8 Å². The van der Waals surface area contributed by atoms with E-state index in [1.165, 1.54) is 0 Å². The predicted molar refractivity (Wildman–Crippen MR) is 69.7 cm³/mol. The van der Waals surface area contributed by atoms with E-state index >= 15 is 0 Å². The third-order valence-electron chi connectivity index (χ3n) is 2.96. The third kappa shape index (κ3) is 4.06. The Morgan fingerprint density at radius 3 is 2.59 bits per heavy atom. The number of aryl methyl sites for hydroxylation is 1. The quantitative estimate of drug-likeness (QED) is 0.838. The zero-order valence-corrected chi connectivity index (χ0v) is 10.9. The second-order valence-corrected chi connectivity index (χ2v) is 4.85. The summed E-state index contributed by atoms with van der Waals surface area (Å²) in [6.45, 7) is 8.91. The van der Waals surface area contributed by atoms with E-state index in [0.717, 1.165) is 5.69 Å². The first kappa shape index (κ1) is 13.5. The molecule has 4 heteroatoms. The normalized spacial score (nSPS) is 12.5. The van der Waals surface area contributed by atoms with Gasteiger partial charge in [-0.2, -0.15) is 0 Å². The number of hydrogen-bond acceptors (Lipinski definition) is 3. The van der Waals surface area contributed by atoms with Gasteiger partial charge in [-0.15, -0.1) is 0 Å². The van der Waals surface area contributed by atoms with Gasteiger partial charge in [0.05, 0.1) is 0 Å². The van der Waals surface area contributed by atoms with Crippen LogP contribution >= 0.6 is 0 Å². The maximum atomic E-state index is 11.9. The Morgan fingerprint density at radius 1 is 1.41 bits per heavy atom. The van der Waals surface area contributed by atoms with Gasteiger partial charge in [0.1, 0.15) is 5.82 Å². The molecule has 0 saturated heterocycles. The summed E-state index contributed by atoms with van der Waals surface area (Å²) in [5, 5.41) is 2.91. The summed E-state index contributed by atoms with van der Waals surface area (Å²) in [5.41, 5.74) is 6.94. The van der Waals surface area contributed by atoms with Gasteiger partial charge in [-0.05, 0) is 30.9 Å². The molecular weight excluding hydrogens is 214 g/mol. The molecule has 1 aromatic heterocycles. The summed E-state index contributed by atoms with van der Waals surface area (Å²) in [6, 6.07) is 3.34. The number of nitrogens with two attached hydrogens (primary N) is 1. The van der Waals surface area contributed by atoms with Crippen molar-refractivity contribution in [3.05, 3.63) is 23.4 Å². The number of nitrogens with one attached hydrogen (secondary N) is 1. The molecular formula is C13H21N3O. The van der Waals surface area contributed by atoms with Crippen molar-refractivity contribution in [1.29, 1.82) is 0 Å². The molecule has 4 nitrogen and oxygen atoms in total. The molecule has 1 aromatic rings. The molecule has 0 aliphatic carbocycles. The van der Waals surface area contributed by atoms with Crippen molar-refractivity contribution >= 4 is 11.7 Å². The molecule has 1 rings (SSSR count). The number of anilines is 1. The third-order valence-corrected chi connectivity index (χ3v) is 2.96. The highest BCUT2D eigenvalue weighted by Crippen LogP contribution is 2.10. The minimum atomic E-state index is -0.0882. The Labute approximate surface area is 103 Å². The molecule has 3 N–H and O–H groups in total. The van der Waals surface area contributed by atoms with E-state index in [2.05, 4.69) is 31.1 Å². The van der Waals surface area contributed by atoms with Crippen molar-refractivity contribution in [3.8, 4) is 0 Å². The summed E-state index contributed by atoms with van der Waals surface area (Å²) >= 11 is 0. The standard InChI is InChI=1S/C13H21N3O/c1-8(2)9(3)7-15-13(17)11-5-10(4)16-12(14)6-11/h5-6,8-9H,7H2,1-4H3,(H2,14,16)(H,15,17). The Balaban J connectivity index is 2.64. The van der Waals surface area contributed by atoms with Gasteiger partial charge in [0.2, 0.25) is 0 Å². The van der Waals surface area contributed by atoms with Crippen LogP contribution in [0.1, 0.15) is 36.8 Å². The molecule has 1 amide bonds. The lowest BCUT2D eigenvalue weighted by Crippen LogP contribution is -2.30. The lowest BCUT2D eigenvalue weighted by atomic mass is 9.98. The molecule has 0 fully saturated rings. The zero-order valence-electron chi connectivity index (χ0n) is 10.9. The van der Waals surface area contributed by atoms with E-state index in [1.54, 1.807) is 12.1 Å². The number of carbonyl (C=O) groups excluding carboxylic acids is 1. The van der Waals surface area contributed by atoms with E-state index in [0.29, 0.717) is 29.8 Å². The molecule has 1 unspecified atom stereocenters. The SMILES string of the molecule is Cc1cc(C(=O)NCC(C)C(C)C)cc(N)n1. The zero-order chi connectivity index (χ0) is 13.0. The second-order valence-electron chi connectivity index (χ2n) is 4.85. The number of nitrogen functional groups attached to an aromatic ring is 1. The molecule has 17 heavy (non-hydrogen) atoms. The van der Waals surface area contributed by atoms with Gasteiger partial charge in [0.15, 0.2) is 0 Å². The summed E-state index contributed by atoms with van der Waals surface area (Å²) < 4.78 is 0. The van der Waals surface area contributed by atoms with Crippen LogP contribution in [0.5, 0.6) is 0 Å². The van der Waals surface area contributed by atoms with E-state index in [-0.39, 0.29) is 5.91 Å². The molecule has 1 heterocycles. The maximum absolute atomic E-state index is 11.9. The summed E-state index contributed by atoms with van der Waals surface area (Å²) in [5.74, 6) is 1.31. The summed E-state index contributed by atoms with van der Waals surface area (Å²) in [7, 11) is 0. The van der Waals surface area contributed by atoms with Crippen molar-refractivity contribution in [3.63, 3.8) is 0 Å². The van der Waals surface area contributed by atoms with Gasteiger partial charge < -0.3 is 11.1 Å². The fourth-order valence-corrected chi connectivity index (χ4v) is 1.42. The number of hydrogen-bond donors (Lipinski definition) is 2. The van der Waals surface area contributed by atoms with Gasteiger partial charge in [-0.3, -0.25) is 4.79 Å². The Bertz CT molecular complexity index is 381. The average molecular weight is 235 g/mol. The van der Waals surface area contributed by atoms with Crippen molar-refractivity contribution in [2.45, 2.75) is 27.7 Å². The highest BCUT2D eigenvalue weighted by molar-refractivity contribution is 5.94. The highest BCUT2D eigenvalue weighted by Gasteiger charge is 2.11. The van der Waals surface area contributed by atoms with Gasteiger partial charge in [-0.25, -0.2) is 4.98 Å². The molecule has 94 valence electrons. The first-order valence-electron chi connectivity index (χ1n) is 5.92. The number of aromatic nitrogens is 1. The minimum Gasteiger partial charge on any atom is -0.384 e. The van der Waals surface area contributed by atoms with Crippen LogP contribution in [0.2, 0.25) is 0 Å². The van der Waals surface area contributed by atoms with Crippen LogP contribution in [-0.4, -0.2) is 17.4 Å². The molecule has 0 aliphatic rings. The second kappa shape index (κ2) is 5.66. The molecule has 1 atom stereocenters. The van der Waals surface area contributed by atoms with Crippen LogP contribution in [-0.2, 0) is 0 Å². The summed E-state index contributed by atoms with van der Waals surface area (Å²) in [6.07, 6.45) is 0. The van der Waals surface area contributed by atoms with Crippen molar-refractivity contribution in [2.24, 2.45) is 11.8 Å². The lowest BCUT2D eigenvalue weighted by molar-refractivity contribution is 0.0944. The van der Waals surface area contributed by atoms with Crippen LogP contribution in [0.3, 0.4) is 0 Å². The number of rotatable bonds is 4. The number of amides is 1. The van der Waals surface area contributed by atoms with E-state index in [1.807, 2.05) is 6.92 Å². The molecule has 0 spiro atoms. The Kier molecular flexibility index (Phi) is 4.49. The fourth-order valence-electron chi connectivity index (χ4n) is 1.42. The summed E-state index contributed by atoms with van der Waals surface area (Å²) in [4.78, 5) is 15.9. The van der Waals surface area contributed by atoms with E-state index in [9.17, 15) is 4.79 Å². The first-order valence-corrected chi connectivity index (χ1v) is 5.92. The number of nitrogens with zero attached hydrogens (tertiary/aromatic N) is 1. The first-order chi connectivity index (χ1) is 7.90. The van der Waals surface area contributed by atoms with Crippen LogP contribution in [0.15, 0.2) is 12.1 Å². The molecule has 0 radical (unpaired) electrons. The van der Waals surface area contributed by atoms with Crippen LogP contribution in [0.4, 0.5) is 5.82 Å². The monoisotopic (exact) mass is 235 g/mol. The molecule has 0 bridgehead atoms. The van der Waals surface area contributed by atoms with E-state index < -0.39 is 0 Å². The Morgan fingerprint density at radius 2 is 2.06 bits per heavy atom. The molecule has 0 aromatic carbocycles. The van der Waals surface area contributed by atoms with Crippen molar-refractivity contribution in [1.82, 2.24) is 10.3 Å². The fraction of sp³-hybridized carbons (Fsp3) is 0.538. The molecule has 0 aliphatic heterocycles. The average Bonchev–Trinajstić information content (AvgIpc) is 2.23. The predicted octanol–water partition coefficient (Wildman–Crippen LogP) is 1.99. The largest absolute Gasteiger partial charge is 0.384 e. The van der Waals surface area contributed by atoms with Gasteiger partial charge >= 0.3 is 0 Å². The maximum Gasteiger partial charge on any atom is 0.251 e. The van der Waals surface area contributed by atoms with Gasteiger partial charge in [0.25, 0.3) is 5.91 Å². The minimum absolute atomic E-state index is 0.0882. The van der Waals surface area contributed by atoms with Crippen molar-refractivity contribution < 1.29 is 4.79 Å². The van der Waals surface area contributed by atoms with Crippen molar-refractivity contribution in [2.75, 3.05) is 12.3 Å². The number of pyridine rings is 1. The van der Waals surface area contributed by atoms with Gasteiger partial charge in [0, 0.05) is 17.8 Å². The van der Waals surface area contributed by atoms with Crippen LogP contribution in [0, 0.1) is 18.8 Å². The highest BCUT2D eigenvalue weighted by atomic mass is 16.1. The number of carbonyl (C=O) groups is 1. The van der Waals surface area contributed by atoms with E-state index in [4.69, 9.17) is 5.73 Å². The Hall–Kier alpha value is -1.58. The van der Waals surface area contributed by atoms with Crippen LogP contribution < -0.4 is 11.1 Å². The van der Waals surface area contributed by atoms with Crippen LogP contribution in [0.25, 0.3) is 0 Å². The topological polar surface area (TPSA) is 68.0 Å².